The Labute approximate surface area is 393 Å². The average molecular weight is 971 g/mol. The normalized spacial score (nSPS) is 14.8. The summed E-state index contributed by atoms with van der Waals surface area (Å²) in [6, 6.07) is 19.9. The van der Waals surface area contributed by atoms with Crippen molar-refractivity contribution in [2.75, 3.05) is 19.8 Å². The first-order chi connectivity index (χ1) is 32.2. The van der Waals surface area contributed by atoms with E-state index in [1.165, 1.54) is 48.0 Å². The molecule has 7 aromatic rings. The molecule has 1 aliphatic rings. The van der Waals surface area contributed by atoms with Crippen LogP contribution in [0, 0.1) is 26.6 Å². The van der Waals surface area contributed by atoms with Crippen molar-refractivity contribution in [3.05, 3.63) is 136 Å². The zero-order chi connectivity index (χ0) is 47.4. The molecule has 8 rings (SSSR count). The number of benzene rings is 4. The first kappa shape index (κ1) is 47.2. The summed E-state index contributed by atoms with van der Waals surface area (Å²) in [5.74, 6) is -0.976. The van der Waals surface area contributed by atoms with Gasteiger partial charge in [-0.2, -0.15) is 8.42 Å². The molecule has 19 heteroatoms. The van der Waals surface area contributed by atoms with Gasteiger partial charge in [-0.25, -0.2) is 29.1 Å². The van der Waals surface area contributed by atoms with Crippen molar-refractivity contribution in [3.8, 4) is 44.7 Å². The Morgan fingerprint density at radius 1 is 0.985 bits per heavy atom. The van der Waals surface area contributed by atoms with Gasteiger partial charge in [-0.15, -0.1) is 11.3 Å². The molecule has 1 saturated heterocycles. The number of hydrogen-bond acceptors (Lipinski definition) is 15. The minimum atomic E-state index is -4.17. The van der Waals surface area contributed by atoms with Crippen LogP contribution in [0.3, 0.4) is 0 Å². The van der Waals surface area contributed by atoms with Crippen LogP contribution >= 0.6 is 22.9 Å². The van der Waals surface area contributed by atoms with Crippen molar-refractivity contribution < 1.29 is 56.1 Å². The van der Waals surface area contributed by atoms with Crippen molar-refractivity contribution in [2.45, 2.75) is 69.8 Å². The standard InChI is InChI=1S/C48H44ClFN4O11S2/c1-26-6-12-34(13-7-26)67(59,60)63-24-33(22-55)64-37-15-14-35(28(3)43(37)49)41-42-46(52-25-53-47(42)66-44(41)29-8-10-31(50)11-9-29)65-40(48(57)58)21-30-20-36(56)27(2)19-39(30)62-23-32-16-17-51-45(54-32)38-5-4-18-61-38/h6-17,19-20,25,33,38,40,55-56H,4-5,18,21-24H2,1-3H3,(H,57,58)/t33-,38+,40?/m1/s1. The number of nitrogens with zero attached hydrogens (tertiary/aromatic N) is 4. The van der Waals surface area contributed by atoms with E-state index in [9.17, 15) is 32.9 Å². The van der Waals surface area contributed by atoms with Crippen LogP contribution in [0.1, 0.15) is 52.7 Å². The molecule has 0 amide bonds. The summed E-state index contributed by atoms with van der Waals surface area (Å²) in [7, 11) is -4.17. The minimum absolute atomic E-state index is 0.0190. The van der Waals surface area contributed by atoms with Gasteiger partial charge in [-0.1, -0.05) is 47.5 Å². The van der Waals surface area contributed by atoms with Gasteiger partial charge < -0.3 is 34.3 Å². The maximum atomic E-state index is 14.3. The lowest BCUT2D eigenvalue weighted by atomic mass is 9.96. The van der Waals surface area contributed by atoms with Crippen LogP contribution < -0.4 is 14.2 Å². The summed E-state index contributed by atoms with van der Waals surface area (Å²) >= 11 is 8.23. The van der Waals surface area contributed by atoms with Crippen LogP contribution in [0.25, 0.3) is 31.8 Å². The third-order valence-electron chi connectivity index (χ3n) is 11.0. The number of aromatic hydroxyl groups is 1. The van der Waals surface area contributed by atoms with Gasteiger partial charge >= 0.3 is 5.97 Å². The Balaban J connectivity index is 1.11. The summed E-state index contributed by atoms with van der Waals surface area (Å²) in [6.07, 6.45) is 1.43. The van der Waals surface area contributed by atoms with E-state index >= 15 is 0 Å². The Hall–Kier alpha value is -6.28. The molecule has 1 fully saturated rings. The van der Waals surface area contributed by atoms with E-state index in [2.05, 4.69) is 19.9 Å². The predicted octanol–water partition coefficient (Wildman–Crippen LogP) is 8.89. The van der Waals surface area contributed by atoms with Crippen LogP contribution in [0.5, 0.6) is 23.1 Å². The van der Waals surface area contributed by atoms with E-state index in [0.29, 0.717) is 72.3 Å². The molecule has 0 saturated carbocycles. The molecule has 1 unspecified atom stereocenters. The number of aliphatic carboxylic acids is 1. The zero-order valence-corrected chi connectivity index (χ0v) is 38.7. The smallest absolute Gasteiger partial charge is 0.345 e. The Bertz CT molecular complexity index is 3040. The maximum absolute atomic E-state index is 14.3. The number of thiophene rings is 1. The number of fused-ring (bicyclic) bond motifs is 1. The Morgan fingerprint density at radius 2 is 1.76 bits per heavy atom. The molecule has 0 bridgehead atoms. The third-order valence-corrected chi connectivity index (χ3v) is 13.9. The molecule has 15 nitrogen and oxygen atoms in total. The fraction of sp³-hybridized carbons (Fsp3) is 0.271. The van der Waals surface area contributed by atoms with Gasteiger partial charge in [-0.3, -0.25) is 4.18 Å². The van der Waals surface area contributed by atoms with E-state index in [4.69, 9.17) is 34.7 Å². The topological polar surface area (TPSA) is 210 Å². The first-order valence-electron chi connectivity index (χ1n) is 21.0. The highest BCUT2D eigenvalue weighted by molar-refractivity contribution is 7.86. The second-order valence-corrected chi connectivity index (χ2v) is 18.8. The van der Waals surface area contributed by atoms with Gasteiger partial charge in [0.1, 0.15) is 59.6 Å². The van der Waals surface area contributed by atoms with E-state index in [1.54, 1.807) is 68.6 Å². The molecule has 3 atom stereocenters. The predicted molar refractivity (Wildman–Crippen MR) is 247 cm³/mol. The van der Waals surface area contributed by atoms with Gasteiger partial charge in [0, 0.05) is 35.2 Å². The lowest BCUT2D eigenvalue weighted by Crippen LogP contribution is -2.30. The number of rotatable bonds is 18. The van der Waals surface area contributed by atoms with Crippen molar-refractivity contribution in [3.63, 3.8) is 0 Å². The fourth-order valence-corrected chi connectivity index (χ4v) is 9.72. The monoisotopic (exact) mass is 970 g/mol. The van der Waals surface area contributed by atoms with Gasteiger partial charge in [0.2, 0.25) is 12.0 Å². The molecule has 0 spiro atoms. The van der Waals surface area contributed by atoms with Gasteiger partial charge in [0.05, 0.1) is 27.6 Å². The van der Waals surface area contributed by atoms with E-state index in [0.717, 1.165) is 18.4 Å². The highest BCUT2D eigenvalue weighted by atomic mass is 35.5. The Morgan fingerprint density at radius 3 is 2.48 bits per heavy atom. The number of carboxylic acids is 1. The summed E-state index contributed by atoms with van der Waals surface area (Å²) in [5.41, 5.74) is 4.38. The first-order valence-corrected chi connectivity index (χ1v) is 23.6. The summed E-state index contributed by atoms with van der Waals surface area (Å²) in [4.78, 5) is 32.0. The van der Waals surface area contributed by atoms with Crippen LogP contribution in [0.2, 0.25) is 5.02 Å². The SMILES string of the molecule is Cc1ccc(S(=O)(=O)OC[C@@H](CO)Oc2ccc(-c3c(-c4ccc(F)cc4)sc4ncnc(OC(Cc5cc(O)c(C)cc5OCc5ccnc([C@@H]6CCCO6)n5)C(=O)O)c34)c(C)c2Cl)cc1. The molecule has 348 valence electrons. The number of hydrogen-bond donors (Lipinski definition) is 3. The molecule has 0 radical (unpaired) electrons. The second-order valence-electron chi connectivity index (χ2n) is 15.8. The van der Waals surface area contributed by atoms with Gasteiger partial charge in [-0.05, 0) is 104 Å². The number of aliphatic hydroxyl groups excluding tert-OH is 1. The quantitative estimate of drug-likeness (QED) is 0.0686. The average Bonchev–Trinajstić information content (AvgIpc) is 4.00. The van der Waals surface area contributed by atoms with Gasteiger partial charge in [0.15, 0.2) is 5.82 Å². The summed E-state index contributed by atoms with van der Waals surface area (Å²) in [6.45, 7) is 4.75. The minimum Gasteiger partial charge on any atom is -0.508 e. The zero-order valence-electron chi connectivity index (χ0n) is 36.3. The highest BCUT2D eigenvalue weighted by Crippen LogP contribution is 2.49. The lowest BCUT2D eigenvalue weighted by molar-refractivity contribution is -0.145. The number of aryl methyl sites for hydroxylation is 2. The second kappa shape index (κ2) is 20.3. The molecule has 3 aromatic heterocycles. The molecular formula is C48H44ClFN4O11S2. The van der Waals surface area contributed by atoms with Crippen molar-refractivity contribution >= 4 is 49.2 Å². The largest absolute Gasteiger partial charge is 0.508 e. The van der Waals surface area contributed by atoms with E-state index in [-0.39, 0.29) is 46.4 Å². The number of aromatic nitrogens is 4. The van der Waals surface area contributed by atoms with E-state index < -0.39 is 47.3 Å². The molecule has 4 heterocycles. The number of phenols is 1. The molecule has 1 aliphatic heterocycles. The number of carboxylic acid groups (broad SMARTS) is 1. The van der Waals surface area contributed by atoms with Gasteiger partial charge in [0.25, 0.3) is 10.1 Å². The molecule has 67 heavy (non-hydrogen) atoms. The number of phenolic OH excluding ortho intramolecular Hbond substituents is 1. The lowest BCUT2D eigenvalue weighted by Gasteiger charge is -2.20. The van der Waals surface area contributed by atoms with Crippen LogP contribution in [0.4, 0.5) is 4.39 Å². The number of aliphatic hydroxyl groups is 1. The van der Waals surface area contributed by atoms with E-state index in [1.807, 2.05) is 6.92 Å². The third kappa shape index (κ3) is 10.6. The number of carbonyl (C=O) groups is 1. The highest BCUT2D eigenvalue weighted by Gasteiger charge is 2.30. The van der Waals surface area contributed by atoms with Crippen LogP contribution in [-0.4, -0.2) is 81.7 Å². The van der Waals surface area contributed by atoms with Crippen LogP contribution in [0.15, 0.2) is 96.3 Å². The summed E-state index contributed by atoms with van der Waals surface area (Å²) in [5, 5.41) is 32.1. The molecule has 3 N–H and O–H groups in total. The Kier molecular flexibility index (Phi) is 14.3. The van der Waals surface area contributed by atoms with Crippen molar-refractivity contribution in [1.29, 1.82) is 0 Å². The fourth-order valence-electron chi connectivity index (χ4n) is 7.42. The molecular weight excluding hydrogens is 927 g/mol. The molecule has 0 aliphatic carbocycles. The number of halogens is 2. The van der Waals surface area contributed by atoms with Crippen LogP contribution in [-0.2, 0) is 36.9 Å². The summed E-state index contributed by atoms with van der Waals surface area (Å²) < 4.78 is 69.6. The molecule has 4 aromatic carbocycles. The van der Waals surface area contributed by atoms with Crippen molar-refractivity contribution in [2.24, 2.45) is 0 Å². The number of ether oxygens (including phenoxy) is 4. The maximum Gasteiger partial charge on any atom is 0.345 e. The van der Waals surface area contributed by atoms with Crippen molar-refractivity contribution in [1.82, 2.24) is 19.9 Å².